The van der Waals surface area contributed by atoms with E-state index in [1.165, 1.54) is 25.1 Å². The number of quaternary nitrogens is 1. The first-order chi connectivity index (χ1) is 21.7. The summed E-state index contributed by atoms with van der Waals surface area (Å²) in [5.74, 6) is -2.22. The fourth-order valence-corrected chi connectivity index (χ4v) is 9.37. The van der Waals surface area contributed by atoms with Gasteiger partial charge in [-0.1, -0.05) is 57.2 Å². The molecule has 7 atom stereocenters. The first-order valence-electron chi connectivity index (χ1n) is 16.1. The molecule has 0 radical (unpaired) electrons. The number of likely N-dealkylation sites (tertiary alicyclic amines) is 1. The van der Waals surface area contributed by atoms with Crippen LogP contribution in [0, 0.1) is 17.3 Å². The van der Waals surface area contributed by atoms with Gasteiger partial charge in [-0.05, 0) is 36.1 Å². The van der Waals surface area contributed by atoms with Crippen LogP contribution in [0.3, 0.4) is 0 Å². The molecule has 1 spiro atoms. The molecule has 5 aliphatic rings. The van der Waals surface area contributed by atoms with Crippen molar-refractivity contribution in [2.24, 2.45) is 17.3 Å². The van der Waals surface area contributed by atoms with E-state index in [0.717, 1.165) is 67.0 Å². The molecule has 1 aromatic rings. The van der Waals surface area contributed by atoms with E-state index in [4.69, 9.17) is 9.47 Å². The molecule has 1 amide bonds. The lowest BCUT2D eigenvalue weighted by Crippen LogP contribution is -2.71. The van der Waals surface area contributed by atoms with Gasteiger partial charge in [-0.15, -0.1) is 13.2 Å². The maximum absolute atomic E-state index is 13.6. The van der Waals surface area contributed by atoms with Gasteiger partial charge in [0.25, 0.3) is 5.91 Å². The third-order valence-corrected chi connectivity index (χ3v) is 10.5. The van der Waals surface area contributed by atoms with Crippen molar-refractivity contribution >= 4 is 18.0 Å². The number of hydrogen-bond acceptors (Lipinski definition) is 6. The molecule has 1 aromatic carbocycles. The Kier molecular flexibility index (Phi) is 8.26. The number of halogens is 3. The van der Waals surface area contributed by atoms with Gasteiger partial charge < -0.3 is 29.1 Å². The summed E-state index contributed by atoms with van der Waals surface area (Å²) in [6.07, 6.45) is 1.62. The van der Waals surface area contributed by atoms with E-state index in [-0.39, 0.29) is 23.8 Å². The van der Waals surface area contributed by atoms with Crippen molar-refractivity contribution in [3.05, 3.63) is 77.3 Å². The van der Waals surface area contributed by atoms with E-state index >= 15 is 0 Å². The van der Waals surface area contributed by atoms with Gasteiger partial charge in [0, 0.05) is 48.7 Å². The van der Waals surface area contributed by atoms with E-state index in [0.29, 0.717) is 17.9 Å². The number of aliphatic hydroxyl groups is 1. The molecular formula is C35H42F3N2O6+. The first kappa shape index (κ1) is 32.5. The van der Waals surface area contributed by atoms with Gasteiger partial charge in [-0.3, -0.25) is 9.59 Å². The molecule has 248 valence electrons. The summed E-state index contributed by atoms with van der Waals surface area (Å²) in [6.45, 7) is 12.4. The maximum atomic E-state index is 13.6. The molecule has 2 saturated heterocycles. The predicted octanol–water partition coefficient (Wildman–Crippen LogP) is 5.51. The number of piperidine rings is 1. The van der Waals surface area contributed by atoms with Crippen molar-refractivity contribution in [1.29, 1.82) is 0 Å². The van der Waals surface area contributed by atoms with Crippen LogP contribution in [0.4, 0.5) is 13.2 Å². The van der Waals surface area contributed by atoms with Crippen LogP contribution in [-0.2, 0) is 23.8 Å². The van der Waals surface area contributed by atoms with Gasteiger partial charge in [-0.2, -0.15) is 0 Å². The minimum absolute atomic E-state index is 0.104. The Morgan fingerprint density at radius 2 is 1.98 bits per heavy atom. The SMILES string of the molecule is C=CC[N+]1(CC(C)C)CC[C@@]23C4=C5C[C@@H]1[C@@H]2CCC[C@@H]3OC4C(O)(NC(=O)C(=Cc1ccccc1)OC(F)(F)F)C=C5OC(C)=O. The number of esters is 1. The second-order valence-electron chi connectivity index (χ2n) is 13.8. The van der Waals surface area contributed by atoms with E-state index in [2.05, 4.69) is 30.5 Å². The molecule has 2 heterocycles. The van der Waals surface area contributed by atoms with E-state index in [9.17, 15) is 27.9 Å². The zero-order valence-corrected chi connectivity index (χ0v) is 26.4. The highest BCUT2D eigenvalue weighted by Crippen LogP contribution is 2.68. The van der Waals surface area contributed by atoms with Gasteiger partial charge >= 0.3 is 12.3 Å². The maximum Gasteiger partial charge on any atom is 0.573 e. The number of carbonyl (C=O) groups is 2. The highest BCUT2D eigenvalue weighted by molar-refractivity contribution is 5.96. The van der Waals surface area contributed by atoms with Gasteiger partial charge in [-0.25, -0.2) is 0 Å². The summed E-state index contributed by atoms with van der Waals surface area (Å²) in [4.78, 5) is 26.0. The minimum atomic E-state index is -5.17. The van der Waals surface area contributed by atoms with Crippen LogP contribution in [0.2, 0.25) is 0 Å². The van der Waals surface area contributed by atoms with Crippen LogP contribution in [0.15, 0.2) is 71.7 Å². The number of amides is 1. The molecule has 2 aliphatic heterocycles. The van der Waals surface area contributed by atoms with Crippen LogP contribution < -0.4 is 5.32 Å². The van der Waals surface area contributed by atoms with Crippen LogP contribution in [-0.4, -0.2) is 71.4 Å². The highest BCUT2D eigenvalue weighted by Gasteiger charge is 2.72. The van der Waals surface area contributed by atoms with E-state index in [1.807, 2.05) is 6.08 Å². The normalized spacial score (nSPS) is 34.9. The molecule has 3 aliphatic carbocycles. The Balaban J connectivity index is 1.44. The lowest BCUT2D eigenvalue weighted by atomic mass is 9.49. The van der Waals surface area contributed by atoms with Crippen molar-refractivity contribution in [1.82, 2.24) is 5.32 Å². The number of rotatable bonds is 9. The average molecular weight is 644 g/mol. The second-order valence-corrected chi connectivity index (χ2v) is 13.8. The quantitative estimate of drug-likeness (QED) is 0.0921. The summed E-state index contributed by atoms with van der Waals surface area (Å²) in [5.41, 5.74) is -0.915. The van der Waals surface area contributed by atoms with Gasteiger partial charge in [0.2, 0.25) is 0 Å². The Labute approximate surface area is 267 Å². The molecule has 11 heteroatoms. The molecular weight excluding hydrogens is 601 g/mol. The number of allylic oxidation sites excluding steroid dienone is 1. The minimum Gasteiger partial charge on any atom is -0.427 e. The number of alkyl halides is 3. The lowest BCUT2D eigenvalue weighted by molar-refractivity contribution is -0.960. The van der Waals surface area contributed by atoms with E-state index < -0.39 is 41.2 Å². The summed E-state index contributed by atoms with van der Waals surface area (Å²) >= 11 is 0. The molecule has 0 aromatic heterocycles. The zero-order chi connectivity index (χ0) is 33.1. The third kappa shape index (κ3) is 5.50. The van der Waals surface area contributed by atoms with Crippen molar-refractivity contribution in [3.8, 4) is 0 Å². The largest absolute Gasteiger partial charge is 0.573 e. The third-order valence-electron chi connectivity index (χ3n) is 10.5. The van der Waals surface area contributed by atoms with Gasteiger partial charge in [0.05, 0.1) is 31.8 Å². The Hall–Kier alpha value is -3.41. The Bertz CT molecular complexity index is 1500. The standard InChI is InChI=1S/C35H41F3N2O6/c1-5-15-40(20-21(2)3)16-14-33-25-12-9-13-29(33)45-31-30(33)24(18-26(25)40)28(44-22(4)41)19-34(31,43)39-32(42)27(46-35(36,37)38)17-23-10-7-6-8-11-23/h5-8,10-11,17,19,21,25-26,29,31,43H,1,9,12-16,18,20H2,2-4H3/p+1/t25-,26+,29-,31?,33+,34?,40?/m0/s1. The molecule has 3 fully saturated rings. The number of nitrogens with zero attached hydrogens (tertiary/aromatic N) is 1. The Morgan fingerprint density at radius 3 is 2.63 bits per heavy atom. The van der Waals surface area contributed by atoms with Crippen LogP contribution in [0.1, 0.15) is 58.4 Å². The number of nitrogens with one attached hydrogen (secondary N) is 1. The first-order valence-corrected chi connectivity index (χ1v) is 16.1. The smallest absolute Gasteiger partial charge is 0.427 e. The van der Waals surface area contributed by atoms with Crippen molar-refractivity contribution in [2.75, 3.05) is 19.6 Å². The molecule has 6 rings (SSSR count). The van der Waals surface area contributed by atoms with Crippen LogP contribution in [0.5, 0.6) is 0 Å². The van der Waals surface area contributed by atoms with Crippen molar-refractivity contribution < 1.29 is 46.6 Å². The molecule has 8 nitrogen and oxygen atoms in total. The predicted molar refractivity (Wildman–Crippen MR) is 163 cm³/mol. The fraction of sp³-hybridized carbons (Fsp3) is 0.543. The summed E-state index contributed by atoms with van der Waals surface area (Å²) in [6, 6.07) is 8.14. The lowest BCUT2D eigenvalue weighted by Gasteiger charge is -2.63. The summed E-state index contributed by atoms with van der Waals surface area (Å²) in [5, 5.41) is 14.6. The molecule has 2 N–H and O–H groups in total. The Morgan fingerprint density at radius 1 is 1.24 bits per heavy atom. The topological polar surface area (TPSA) is 94.1 Å². The van der Waals surface area contributed by atoms with Gasteiger partial charge in [0.1, 0.15) is 11.9 Å². The summed E-state index contributed by atoms with van der Waals surface area (Å²) in [7, 11) is 0. The molecule has 2 bridgehead atoms. The van der Waals surface area contributed by atoms with Crippen molar-refractivity contribution in [3.63, 3.8) is 0 Å². The number of hydrogen-bond donors (Lipinski definition) is 2. The molecule has 3 unspecified atom stereocenters. The highest BCUT2D eigenvalue weighted by atomic mass is 19.4. The fourth-order valence-electron chi connectivity index (χ4n) is 9.37. The molecule has 1 saturated carbocycles. The van der Waals surface area contributed by atoms with Crippen molar-refractivity contribution in [2.45, 2.75) is 83.2 Å². The summed E-state index contributed by atoms with van der Waals surface area (Å²) < 4.78 is 57.9. The second kappa shape index (κ2) is 11.7. The van der Waals surface area contributed by atoms with Gasteiger partial charge in [0.15, 0.2) is 11.5 Å². The van der Waals surface area contributed by atoms with Crippen LogP contribution in [0.25, 0.3) is 6.08 Å². The zero-order valence-electron chi connectivity index (χ0n) is 26.4. The van der Waals surface area contributed by atoms with E-state index in [1.54, 1.807) is 18.2 Å². The number of carbonyl (C=O) groups excluding carboxylic acids is 2. The monoisotopic (exact) mass is 643 g/mol. The number of benzene rings is 1. The number of ether oxygens (including phenoxy) is 3. The average Bonchev–Trinajstić information content (AvgIpc) is 3.31. The molecule has 46 heavy (non-hydrogen) atoms. The van der Waals surface area contributed by atoms with Crippen LogP contribution >= 0.6 is 0 Å².